The van der Waals surface area contributed by atoms with Gasteiger partial charge in [-0.15, -0.1) is 0 Å². The monoisotopic (exact) mass is 1790 g/mol. The van der Waals surface area contributed by atoms with Gasteiger partial charge in [-0.2, -0.15) is 0 Å². The Morgan fingerprint density at radius 3 is 0.984 bits per heavy atom. The molecule has 21 N–H and O–H groups in total. The second-order valence-electron chi connectivity index (χ2n) is 29.8. The van der Waals surface area contributed by atoms with Crippen molar-refractivity contribution in [1.82, 2.24) is 63.8 Å². The van der Waals surface area contributed by atoms with E-state index < -0.39 is 197 Å². The molecule has 0 aliphatic carbocycles. The number of amides is 12. The van der Waals surface area contributed by atoms with E-state index in [1.807, 2.05) is 0 Å². The van der Waals surface area contributed by atoms with Crippen LogP contribution in [0.4, 0.5) is 0 Å². The number of carbonyl (C=O) groups excluding carboxylic acids is 12. The molecule has 716 valence electrons. The fourth-order valence-electron chi connectivity index (χ4n) is 12.7. The number of aliphatic hydroxyl groups excluding tert-OH is 9. The van der Waals surface area contributed by atoms with Crippen molar-refractivity contribution in [2.75, 3.05) is 178 Å². The molecule has 3 heterocycles. The molecule has 3 aliphatic rings. The Hall–Kier alpha value is -7.24. The molecule has 6 unspecified atom stereocenters. The van der Waals surface area contributed by atoms with E-state index in [-0.39, 0.29) is 168 Å². The van der Waals surface area contributed by atoms with Gasteiger partial charge in [0.15, 0.2) is 18.9 Å². The minimum absolute atomic E-state index is 0.00941. The van der Waals surface area contributed by atoms with Gasteiger partial charge in [0.05, 0.1) is 85.8 Å². The lowest BCUT2D eigenvalue weighted by molar-refractivity contribution is -0.270. The van der Waals surface area contributed by atoms with Crippen molar-refractivity contribution in [2.45, 2.75) is 247 Å². The molecule has 0 saturated carbocycles. The van der Waals surface area contributed by atoms with Gasteiger partial charge in [0, 0.05) is 138 Å². The minimum Gasteiger partial charge on any atom is -0.394 e. The van der Waals surface area contributed by atoms with Crippen molar-refractivity contribution in [1.29, 1.82) is 0 Å². The fraction of sp³-hybridized carbons (Fsp3) is 0.846. The lowest BCUT2D eigenvalue weighted by Crippen LogP contribution is -2.64. The normalized spacial score (nSPS) is 22.9. The number of rotatable bonds is 71. The molecule has 0 aromatic carbocycles. The average Bonchev–Trinajstić information content (AvgIpc) is 0.818. The van der Waals surface area contributed by atoms with Gasteiger partial charge in [0.1, 0.15) is 92.9 Å². The summed E-state index contributed by atoms with van der Waals surface area (Å²) < 4.78 is 71.7. The van der Waals surface area contributed by atoms with Gasteiger partial charge in [-0.05, 0) is 77.0 Å². The third-order valence-electron chi connectivity index (χ3n) is 19.3. The first kappa shape index (κ1) is 111. The second-order valence-corrected chi connectivity index (χ2v) is 29.8. The molecule has 0 aromatic heterocycles. The molecule has 46 heteroatoms. The molecule has 124 heavy (non-hydrogen) atoms. The Morgan fingerprint density at radius 2 is 0.613 bits per heavy atom. The second kappa shape index (κ2) is 68.0. The first-order chi connectivity index (χ1) is 59.6. The number of hydrogen-bond donors (Lipinski definition) is 21. The molecule has 3 rings (SSSR count). The van der Waals surface area contributed by atoms with Crippen LogP contribution in [0.25, 0.3) is 0 Å². The number of ether oxygens (including phenoxy) is 13. The number of nitrogens with one attached hydrogen (secondary N) is 12. The van der Waals surface area contributed by atoms with Crippen LogP contribution in [0.2, 0.25) is 0 Å². The molecule has 0 aromatic rings. The minimum atomic E-state index is -1.46. The predicted octanol–water partition coefficient (Wildman–Crippen LogP) is -8.19. The van der Waals surface area contributed by atoms with Crippen LogP contribution in [0.3, 0.4) is 0 Å². The number of carbonyl (C=O) groups is 12. The predicted molar refractivity (Wildman–Crippen MR) is 433 cm³/mol. The van der Waals surface area contributed by atoms with Crippen LogP contribution >= 0.6 is 0 Å². The van der Waals surface area contributed by atoms with Gasteiger partial charge in [-0.1, -0.05) is 12.8 Å². The number of unbranched alkanes of at least 4 members (excludes halogenated alkanes) is 8. The Balaban J connectivity index is 1.46. The fourth-order valence-corrected chi connectivity index (χ4v) is 12.7. The molecular formula is C78H140N12O34. The first-order valence-electron chi connectivity index (χ1n) is 42.6. The van der Waals surface area contributed by atoms with Crippen molar-refractivity contribution < 1.29 is 165 Å². The van der Waals surface area contributed by atoms with E-state index in [2.05, 4.69) is 63.8 Å². The van der Waals surface area contributed by atoms with E-state index in [9.17, 15) is 103 Å². The summed E-state index contributed by atoms with van der Waals surface area (Å²) in [7, 11) is 1.61. The standard InChI is InChI=1S/C78H140N12O34/c1-50(94)86-67-73(109)70(106)55(44-91)122-76(67)119-29-14-7-11-23-80-64(103)47-116-38-35-114-33-26-83-59(98)20-18-53(41-61(100)79-22-10-5-6-13-28-112-4)89-62(101)42-54(19-21-60(99)84-27-34-115-36-39-117-48-65(104)81-24-12-8-15-30-120-77-68(87-51(2)95)74(110)71(107)56(45-92)123-77)90-63(102)43-85-66(105)49-118-40-37-113-32-25-82-58(97)17-9-16-31-121-78-69(88-52(3)96)75(111)72(108)57(46-93)124-78/h53-57,67-78,91-93,106-111H,5-49H2,1-4H3,(H,79,100)(H,80,103)(H,81,104)(H,82,97)(H,83,98)(H,84,99)(H,85,105)(H,86,94)(H,87,95)(H,88,96)(H,89,101)(H,90,102)/t53-,54-,55?,56?,57?,67?,68?,69?,70-,71-,72-,73+,74+,75+,76+,77+,78+/m0/s1. The topological polar surface area (TPSA) is 651 Å². The van der Waals surface area contributed by atoms with Crippen molar-refractivity contribution in [3.05, 3.63) is 0 Å². The van der Waals surface area contributed by atoms with E-state index in [0.29, 0.717) is 84.0 Å². The zero-order valence-electron chi connectivity index (χ0n) is 71.9. The quantitative estimate of drug-likeness (QED) is 0.0252. The van der Waals surface area contributed by atoms with Gasteiger partial charge in [-0.3, -0.25) is 57.5 Å². The number of aliphatic hydroxyl groups is 9. The van der Waals surface area contributed by atoms with Crippen molar-refractivity contribution in [3.8, 4) is 0 Å². The highest BCUT2D eigenvalue weighted by molar-refractivity contribution is 5.86. The third-order valence-corrected chi connectivity index (χ3v) is 19.3. The van der Waals surface area contributed by atoms with E-state index in [1.165, 1.54) is 20.8 Å². The molecule has 0 bridgehead atoms. The molecule has 46 nitrogen and oxygen atoms in total. The Bertz CT molecular complexity index is 3040. The summed E-state index contributed by atoms with van der Waals surface area (Å²) in [4.78, 5) is 152. The molecular weight excluding hydrogens is 1650 g/mol. The lowest BCUT2D eigenvalue weighted by Gasteiger charge is -2.42. The van der Waals surface area contributed by atoms with Crippen LogP contribution in [0.1, 0.15) is 143 Å². The van der Waals surface area contributed by atoms with Crippen LogP contribution in [0, 0.1) is 0 Å². The first-order valence-corrected chi connectivity index (χ1v) is 42.6. The summed E-state index contributed by atoms with van der Waals surface area (Å²) in [6.45, 7) is 3.33. The molecule has 17 atom stereocenters. The van der Waals surface area contributed by atoms with Gasteiger partial charge in [-0.25, -0.2) is 0 Å². The van der Waals surface area contributed by atoms with Gasteiger partial charge in [0.2, 0.25) is 70.9 Å². The van der Waals surface area contributed by atoms with Gasteiger partial charge >= 0.3 is 0 Å². The van der Waals surface area contributed by atoms with E-state index in [1.54, 1.807) is 7.11 Å². The molecule has 3 saturated heterocycles. The van der Waals surface area contributed by atoms with Crippen molar-refractivity contribution >= 4 is 70.9 Å². The summed E-state index contributed by atoms with van der Waals surface area (Å²) >= 11 is 0. The van der Waals surface area contributed by atoms with Crippen molar-refractivity contribution in [2.24, 2.45) is 0 Å². The number of hydrogen-bond acceptors (Lipinski definition) is 34. The Morgan fingerprint density at radius 1 is 0.306 bits per heavy atom. The maximum Gasteiger partial charge on any atom is 0.246 e. The van der Waals surface area contributed by atoms with Crippen LogP contribution in [-0.4, -0.2) is 399 Å². The summed E-state index contributed by atoms with van der Waals surface area (Å²) in [6, 6.07) is -5.09. The summed E-state index contributed by atoms with van der Waals surface area (Å²) in [6.07, 6.45) is -8.71. The van der Waals surface area contributed by atoms with Gasteiger partial charge in [0.25, 0.3) is 0 Å². The zero-order chi connectivity index (χ0) is 91.2. The zero-order valence-corrected chi connectivity index (χ0v) is 71.9. The molecule has 0 radical (unpaired) electrons. The largest absolute Gasteiger partial charge is 0.394 e. The summed E-state index contributed by atoms with van der Waals surface area (Å²) in [5.74, 6) is -5.77. The Kier molecular flexibility index (Phi) is 60.8. The SMILES string of the molecule is COCCCCCCNC(=O)C[C@H](CCC(=O)NCCOCCOCC(=O)NCCCCCO[C@@H]1OC(CO)[C@H](O)[C@H](O)C1NC(C)=O)NC(=O)C[C@H](CCC(=O)NCCOCCOCC(=O)NCCCCCO[C@@H]1OC(CO)[C@H](O)[C@H](O)C1NC(C)=O)NC(=O)CNC(=O)COCCOCCNC(=O)CCCCO[C@@H]1OC(CO)[C@H](O)[C@H](O)C1NC(C)=O. The molecule has 3 fully saturated rings. The van der Waals surface area contributed by atoms with E-state index in [0.717, 1.165) is 19.3 Å². The van der Waals surface area contributed by atoms with Crippen LogP contribution in [-0.2, 0) is 119 Å². The van der Waals surface area contributed by atoms with E-state index in [4.69, 9.17) is 61.6 Å². The van der Waals surface area contributed by atoms with Crippen molar-refractivity contribution in [3.63, 3.8) is 0 Å². The van der Waals surface area contributed by atoms with Crippen LogP contribution < -0.4 is 63.8 Å². The smallest absolute Gasteiger partial charge is 0.246 e. The van der Waals surface area contributed by atoms with E-state index >= 15 is 0 Å². The molecule has 0 spiro atoms. The summed E-state index contributed by atoms with van der Waals surface area (Å²) in [5.41, 5.74) is 0. The average molecular weight is 1790 g/mol. The highest BCUT2D eigenvalue weighted by atomic mass is 16.7. The van der Waals surface area contributed by atoms with Crippen LogP contribution in [0.15, 0.2) is 0 Å². The third kappa shape index (κ3) is 50.3. The van der Waals surface area contributed by atoms with Gasteiger partial charge < -0.3 is 171 Å². The highest BCUT2D eigenvalue weighted by Crippen LogP contribution is 2.26. The summed E-state index contributed by atoms with van der Waals surface area (Å²) in [5, 5.41) is 122. The molecule has 3 aliphatic heterocycles. The Labute approximate surface area is 722 Å². The highest BCUT2D eigenvalue weighted by Gasteiger charge is 2.48. The molecule has 12 amide bonds. The van der Waals surface area contributed by atoms with Crippen LogP contribution in [0.5, 0.6) is 0 Å². The maximum absolute atomic E-state index is 14.0. The maximum atomic E-state index is 14.0. The lowest BCUT2D eigenvalue weighted by atomic mass is 9.97. The number of methoxy groups -OCH3 is 1.